The molecule has 6 nitrogen and oxygen atoms in total. The zero-order valence-corrected chi connectivity index (χ0v) is 17.6. The lowest BCUT2D eigenvalue weighted by atomic mass is 10.2. The van der Waals surface area contributed by atoms with Crippen LogP contribution < -0.4 is 10.6 Å². The number of anilines is 2. The molecule has 0 aliphatic rings. The summed E-state index contributed by atoms with van der Waals surface area (Å²) in [6, 6.07) is 13.5. The third-order valence-corrected chi connectivity index (χ3v) is 5.61. The Hall–Kier alpha value is -2.51. The van der Waals surface area contributed by atoms with Crippen LogP contribution in [0.25, 0.3) is 0 Å². The molecule has 1 aromatic heterocycles. The predicted molar refractivity (Wildman–Crippen MR) is 115 cm³/mol. The van der Waals surface area contributed by atoms with Crippen LogP contribution in [0.2, 0.25) is 5.02 Å². The van der Waals surface area contributed by atoms with E-state index in [2.05, 4.69) is 20.8 Å². The Bertz CT molecular complexity index is 988. The molecule has 2 N–H and O–H groups in total. The first-order valence-electron chi connectivity index (χ1n) is 8.80. The van der Waals surface area contributed by atoms with Crippen LogP contribution in [0.15, 0.2) is 47.6 Å². The summed E-state index contributed by atoms with van der Waals surface area (Å²) < 4.78 is 1.88. The van der Waals surface area contributed by atoms with Crippen molar-refractivity contribution in [1.29, 1.82) is 0 Å². The summed E-state index contributed by atoms with van der Waals surface area (Å²) in [6.45, 7) is 4.47. The van der Waals surface area contributed by atoms with Crippen molar-refractivity contribution in [2.45, 2.75) is 25.5 Å². The van der Waals surface area contributed by atoms with Gasteiger partial charge in [-0.3, -0.25) is 4.79 Å². The number of hydrogen-bond acceptors (Lipinski definition) is 5. The van der Waals surface area contributed by atoms with Crippen molar-refractivity contribution in [2.24, 2.45) is 7.05 Å². The van der Waals surface area contributed by atoms with E-state index in [1.54, 1.807) is 0 Å². The number of benzene rings is 2. The minimum atomic E-state index is -0.0763. The fraction of sp³-hybridized carbons (Fsp3) is 0.250. The molecule has 0 aliphatic heterocycles. The number of nitrogens with zero attached hydrogens (tertiary/aromatic N) is 3. The number of nitrogens with one attached hydrogen (secondary N) is 2. The van der Waals surface area contributed by atoms with E-state index in [1.807, 2.05) is 67.9 Å². The van der Waals surface area contributed by atoms with Gasteiger partial charge >= 0.3 is 0 Å². The van der Waals surface area contributed by atoms with Crippen LogP contribution in [0.5, 0.6) is 0 Å². The molecule has 28 heavy (non-hydrogen) atoms. The highest BCUT2D eigenvalue weighted by atomic mass is 35.5. The monoisotopic (exact) mass is 415 g/mol. The van der Waals surface area contributed by atoms with Crippen molar-refractivity contribution in [1.82, 2.24) is 14.8 Å². The van der Waals surface area contributed by atoms with Crippen molar-refractivity contribution in [3.05, 3.63) is 64.4 Å². The van der Waals surface area contributed by atoms with E-state index >= 15 is 0 Å². The highest BCUT2D eigenvalue weighted by Crippen LogP contribution is 2.21. The third kappa shape index (κ3) is 5.27. The van der Waals surface area contributed by atoms with Crippen LogP contribution in [0.3, 0.4) is 0 Å². The quantitative estimate of drug-likeness (QED) is 0.558. The van der Waals surface area contributed by atoms with Gasteiger partial charge in [0, 0.05) is 23.4 Å². The molecule has 0 aliphatic carbocycles. The molecule has 3 aromatic rings. The van der Waals surface area contributed by atoms with E-state index < -0.39 is 0 Å². The van der Waals surface area contributed by atoms with E-state index in [0.717, 1.165) is 33.3 Å². The Labute approximate surface area is 173 Å². The van der Waals surface area contributed by atoms with E-state index in [9.17, 15) is 4.79 Å². The van der Waals surface area contributed by atoms with Crippen molar-refractivity contribution in [2.75, 3.05) is 16.4 Å². The molecule has 146 valence electrons. The van der Waals surface area contributed by atoms with Gasteiger partial charge in [-0.15, -0.1) is 10.2 Å². The average Bonchev–Trinajstić information content (AvgIpc) is 3.01. The Balaban J connectivity index is 1.53. The SMILES string of the molecule is Cc1cccc(NC(=O)CSc2nnc(CNc3ccc(C)c(Cl)c3)n2C)c1. The molecule has 0 unspecified atom stereocenters. The Morgan fingerprint density at radius 2 is 1.96 bits per heavy atom. The lowest BCUT2D eigenvalue weighted by Crippen LogP contribution is -2.14. The first-order chi connectivity index (χ1) is 13.4. The maximum atomic E-state index is 12.2. The van der Waals surface area contributed by atoms with Crippen molar-refractivity contribution in [3.8, 4) is 0 Å². The zero-order chi connectivity index (χ0) is 20.1. The van der Waals surface area contributed by atoms with Gasteiger partial charge < -0.3 is 15.2 Å². The average molecular weight is 416 g/mol. The van der Waals surface area contributed by atoms with Crippen LogP contribution in [0.4, 0.5) is 11.4 Å². The number of hydrogen-bond donors (Lipinski definition) is 2. The smallest absolute Gasteiger partial charge is 0.234 e. The molecular formula is C20H22ClN5OS. The molecule has 8 heteroatoms. The largest absolute Gasteiger partial charge is 0.378 e. The van der Waals surface area contributed by atoms with Crippen molar-refractivity contribution >= 4 is 40.6 Å². The van der Waals surface area contributed by atoms with E-state index in [1.165, 1.54) is 11.8 Å². The summed E-state index contributed by atoms with van der Waals surface area (Å²) in [4.78, 5) is 12.2. The highest BCUT2D eigenvalue weighted by molar-refractivity contribution is 7.99. The number of thioether (sulfide) groups is 1. The first kappa shape index (κ1) is 20.2. The van der Waals surface area contributed by atoms with Crippen molar-refractivity contribution in [3.63, 3.8) is 0 Å². The fourth-order valence-corrected chi connectivity index (χ4v) is 3.47. The summed E-state index contributed by atoms with van der Waals surface area (Å²) in [5, 5.41) is 16.0. The van der Waals surface area contributed by atoms with Gasteiger partial charge in [-0.1, -0.05) is 41.6 Å². The minimum Gasteiger partial charge on any atom is -0.378 e. The van der Waals surface area contributed by atoms with E-state index in [-0.39, 0.29) is 11.7 Å². The van der Waals surface area contributed by atoms with Gasteiger partial charge in [-0.2, -0.15) is 0 Å². The maximum absolute atomic E-state index is 12.2. The molecule has 0 radical (unpaired) electrons. The van der Waals surface area contributed by atoms with Crippen molar-refractivity contribution < 1.29 is 4.79 Å². The third-order valence-electron chi connectivity index (χ3n) is 4.18. The van der Waals surface area contributed by atoms with Gasteiger partial charge in [0.25, 0.3) is 0 Å². The predicted octanol–water partition coefficient (Wildman–Crippen LogP) is 4.43. The van der Waals surface area contributed by atoms with Gasteiger partial charge in [0.2, 0.25) is 5.91 Å². The fourth-order valence-electron chi connectivity index (χ4n) is 2.56. The minimum absolute atomic E-state index is 0.0763. The number of amides is 1. The van der Waals surface area contributed by atoms with Gasteiger partial charge in [0.05, 0.1) is 12.3 Å². The number of carbonyl (C=O) groups is 1. The molecule has 0 saturated carbocycles. The van der Waals surface area contributed by atoms with Gasteiger partial charge in [-0.25, -0.2) is 0 Å². The lowest BCUT2D eigenvalue weighted by molar-refractivity contribution is -0.113. The standard InChI is InChI=1S/C20H22ClN5OS/c1-13-5-4-6-16(9-13)23-19(27)12-28-20-25-24-18(26(20)3)11-22-15-8-7-14(2)17(21)10-15/h4-10,22H,11-12H2,1-3H3,(H,23,27). The Kier molecular flexibility index (Phi) is 6.59. The molecule has 1 heterocycles. The number of aryl methyl sites for hydroxylation is 2. The number of halogens is 1. The summed E-state index contributed by atoms with van der Waals surface area (Å²) in [5.41, 5.74) is 3.86. The summed E-state index contributed by atoms with van der Waals surface area (Å²) in [5.74, 6) is 0.965. The molecule has 2 aromatic carbocycles. The molecule has 0 saturated heterocycles. The van der Waals surface area contributed by atoms with Crippen LogP contribution in [0, 0.1) is 13.8 Å². The Morgan fingerprint density at radius 3 is 2.71 bits per heavy atom. The number of rotatable bonds is 7. The summed E-state index contributed by atoms with van der Waals surface area (Å²) in [6.07, 6.45) is 0. The van der Waals surface area contributed by atoms with Crippen LogP contribution in [-0.2, 0) is 18.4 Å². The van der Waals surface area contributed by atoms with Gasteiger partial charge in [0.1, 0.15) is 0 Å². The normalized spacial score (nSPS) is 10.7. The molecule has 0 spiro atoms. The molecule has 3 rings (SSSR count). The number of aromatic nitrogens is 3. The zero-order valence-electron chi connectivity index (χ0n) is 16.0. The topological polar surface area (TPSA) is 71.8 Å². The van der Waals surface area contributed by atoms with Gasteiger partial charge in [-0.05, 0) is 49.2 Å². The highest BCUT2D eigenvalue weighted by Gasteiger charge is 2.12. The molecule has 0 fully saturated rings. The lowest BCUT2D eigenvalue weighted by Gasteiger charge is -2.08. The van der Waals surface area contributed by atoms with E-state index in [0.29, 0.717) is 11.7 Å². The molecule has 0 bridgehead atoms. The summed E-state index contributed by atoms with van der Waals surface area (Å²) >= 11 is 7.51. The van der Waals surface area contributed by atoms with Crippen LogP contribution >= 0.6 is 23.4 Å². The van der Waals surface area contributed by atoms with Gasteiger partial charge in [0.15, 0.2) is 11.0 Å². The first-order valence-corrected chi connectivity index (χ1v) is 10.2. The van der Waals surface area contributed by atoms with Crippen LogP contribution in [0.1, 0.15) is 17.0 Å². The second-order valence-electron chi connectivity index (χ2n) is 6.48. The Morgan fingerprint density at radius 1 is 1.14 bits per heavy atom. The van der Waals surface area contributed by atoms with Crippen LogP contribution in [-0.4, -0.2) is 26.4 Å². The molecule has 0 atom stereocenters. The molecular weight excluding hydrogens is 394 g/mol. The summed E-state index contributed by atoms with van der Waals surface area (Å²) in [7, 11) is 1.89. The maximum Gasteiger partial charge on any atom is 0.234 e. The number of carbonyl (C=O) groups excluding carboxylic acids is 1. The second kappa shape index (κ2) is 9.12. The molecule has 1 amide bonds. The van der Waals surface area contributed by atoms with E-state index in [4.69, 9.17) is 11.6 Å². The second-order valence-corrected chi connectivity index (χ2v) is 7.83.